The van der Waals surface area contributed by atoms with E-state index in [1.54, 1.807) is 17.5 Å². The van der Waals surface area contributed by atoms with E-state index in [1.807, 2.05) is 24.3 Å². The standard InChI is InChI=1S/C21H22N2O3S2/c24-21(22-14-16-9-10-17-5-1-2-6-18(17)13-16)19-7-3-11-23(15-19)28(25,26)20-8-4-12-27-20/h1-2,4-6,8-10,12-13,19H,3,7,11,14-15H2,(H,22,24)/t19-/m1/s1. The highest BCUT2D eigenvalue weighted by atomic mass is 32.2. The number of fused-ring (bicyclic) bond motifs is 1. The second-order valence-electron chi connectivity index (χ2n) is 7.03. The van der Waals surface area contributed by atoms with Crippen LogP contribution in [0.2, 0.25) is 0 Å². The Hall–Kier alpha value is -2.22. The number of sulfonamides is 1. The van der Waals surface area contributed by atoms with E-state index in [4.69, 9.17) is 0 Å². The van der Waals surface area contributed by atoms with Crippen LogP contribution in [-0.2, 0) is 21.4 Å². The highest BCUT2D eigenvalue weighted by Crippen LogP contribution is 2.26. The van der Waals surface area contributed by atoms with Crippen molar-refractivity contribution in [2.75, 3.05) is 13.1 Å². The summed E-state index contributed by atoms with van der Waals surface area (Å²) in [6.07, 6.45) is 1.40. The number of nitrogens with one attached hydrogen (secondary N) is 1. The van der Waals surface area contributed by atoms with E-state index in [0.717, 1.165) is 10.9 Å². The van der Waals surface area contributed by atoms with Crippen LogP contribution in [0.15, 0.2) is 64.2 Å². The molecule has 1 N–H and O–H groups in total. The first kappa shape index (κ1) is 19.1. The van der Waals surface area contributed by atoms with Gasteiger partial charge in [0.05, 0.1) is 5.92 Å². The molecule has 28 heavy (non-hydrogen) atoms. The number of rotatable bonds is 5. The minimum atomic E-state index is -3.50. The smallest absolute Gasteiger partial charge is 0.252 e. The molecule has 1 aromatic heterocycles. The van der Waals surface area contributed by atoms with Gasteiger partial charge in [0.1, 0.15) is 4.21 Å². The second-order valence-corrected chi connectivity index (χ2v) is 10.1. The van der Waals surface area contributed by atoms with Gasteiger partial charge in [-0.1, -0.05) is 42.5 Å². The summed E-state index contributed by atoms with van der Waals surface area (Å²) in [4.78, 5) is 12.7. The molecule has 4 rings (SSSR count). The van der Waals surface area contributed by atoms with Gasteiger partial charge in [-0.05, 0) is 46.7 Å². The van der Waals surface area contributed by atoms with Crippen molar-refractivity contribution < 1.29 is 13.2 Å². The molecular weight excluding hydrogens is 392 g/mol. The summed E-state index contributed by atoms with van der Waals surface area (Å²) < 4.78 is 27.2. The molecule has 0 radical (unpaired) electrons. The van der Waals surface area contributed by atoms with E-state index in [9.17, 15) is 13.2 Å². The summed E-state index contributed by atoms with van der Waals surface area (Å²) in [5, 5.41) is 7.04. The zero-order chi connectivity index (χ0) is 19.6. The summed E-state index contributed by atoms with van der Waals surface area (Å²) in [5.74, 6) is -0.400. The molecule has 146 valence electrons. The number of piperidine rings is 1. The summed E-state index contributed by atoms with van der Waals surface area (Å²) in [5.41, 5.74) is 1.03. The van der Waals surface area contributed by atoms with E-state index in [1.165, 1.54) is 21.0 Å². The van der Waals surface area contributed by atoms with Crippen molar-refractivity contribution in [3.8, 4) is 0 Å². The fraction of sp³-hybridized carbons (Fsp3) is 0.286. The van der Waals surface area contributed by atoms with Gasteiger partial charge in [-0.2, -0.15) is 4.31 Å². The maximum Gasteiger partial charge on any atom is 0.252 e. The topological polar surface area (TPSA) is 66.5 Å². The van der Waals surface area contributed by atoms with E-state index in [-0.39, 0.29) is 18.4 Å². The van der Waals surface area contributed by atoms with Crippen LogP contribution in [0.5, 0.6) is 0 Å². The minimum absolute atomic E-state index is 0.0840. The fourth-order valence-corrected chi connectivity index (χ4v) is 6.26. The summed E-state index contributed by atoms with van der Waals surface area (Å²) in [7, 11) is -3.50. The van der Waals surface area contributed by atoms with E-state index >= 15 is 0 Å². The van der Waals surface area contributed by atoms with Crippen LogP contribution in [0.4, 0.5) is 0 Å². The Morgan fingerprint density at radius 2 is 1.93 bits per heavy atom. The predicted octanol–water partition coefficient (Wildman–Crippen LogP) is 3.62. The first-order valence-corrected chi connectivity index (χ1v) is 11.6. The quantitative estimate of drug-likeness (QED) is 0.693. The number of hydrogen-bond donors (Lipinski definition) is 1. The Bertz CT molecular complexity index is 1080. The zero-order valence-electron chi connectivity index (χ0n) is 15.4. The Balaban J connectivity index is 1.40. The van der Waals surface area contributed by atoms with Gasteiger partial charge in [0.15, 0.2) is 0 Å². The largest absolute Gasteiger partial charge is 0.352 e. The highest BCUT2D eigenvalue weighted by Gasteiger charge is 2.33. The Kier molecular flexibility index (Phi) is 5.48. The number of carbonyl (C=O) groups is 1. The number of amides is 1. The lowest BCUT2D eigenvalue weighted by Gasteiger charge is -2.30. The maximum atomic E-state index is 12.7. The van der Waals surface area contributed by atoms with Gasteiger partial charge in [-0.15, -0.1) is 11.3 Å². The molecule has 5 nitrogen and oxygen atoms in total. The normalized spacial score (nSPS) is 18.2. The molecule has 0 saturated carbocycles. The number of nitrogens with zero attached hydrogens (tertiary/aromatic N) is 1. The van der Waals surface area contributed by atoms with Crippen molar-refractivity contribution in [1.29, 1.82) is 0 Å². The first-order valence-electron chi connectivity index (χ1n) is 9.33. The molecule has 7 heteroatoms. The van der Waals surface area contributed by atoms with Crippen molar-refractivity contribution in [1.82, 2.24) is 9.62 Å². The number of thiophene rings is 1. The predicted molar refractivity (Wildman–Crippen MR) is 112 cm³/mol. The van der Waals surface area contributed by atoms with Crippen LogP contribution in [0.1, 0.15) is 18.4 Å². The Morgan fingerprint density at radius 1 is 1.11 bits per heavy atom. The van der Waals surface area contributed by atoms with Gasteiger partial charge < -0.3 is 5.32 Å². The molecule has 3 aromatic rings. The monoisotopic (exact) mass is 414 g/mol. The third-order valence-corrected chi connectivity index (χ3v) is 8.36. The highest BCUT2D eigenvalue weighted by molar-refractivity contribution is 7.91. The molecule has 1 aliphatic rings. The van der Waals surface area contributed by atoms with Gasteiger partial charge in [-0.3, -0.25) is 4.79 Å². The van der Waals surface area contributed by atoms with Gasteiger partial charge in [0, 0.05) is 19.6 Å². The van der Waals surface area contributed by atoms with Crippen molar-refractivity contribution in [2.24, 2.45) is 5.92 Å². The molecule has 1 fully saturated rings. The molecule has 0 bridgehead atoms. The molecule has 0 unspecified atom stereocenters. The van der Waals surface area contributed by atoms with Crippen LogP contribution in [0.25, 0.3) is 10.8 Å². The van der Waals surface area contributed by atoms with Crippen LogP contribution >= 0.6 is 11.3 Å². The van der Waals surface area contributed by atoms with Gasteiger partial charge in [0.2, 0.25) is 5.91 Å². The number of hydrogen-bond acceptors (Lipinski definition) is 4. The third kappa shape index (κ3) is 3.97. The molecular formula is C21H22N2O3S2. The minimum Gasteiger partial charge on any atom is -0.352 e. The summed E-state index contributed by atoms with van der Waals surface area (Å²) in [6.45, 7) is 1.15. The van der Waals surface area contributed by atoms with Crippen LogP contribution in [-0.4, -0.2) is 31.7 Å². The SMILES string of the molecule is O=C(NCc1ccc2ccccc2c1)[C@@H]1CCCN(S(=O)(=O)c2cccs2)C1. The van der Waals surface area contributed by atoms with Gasteiger partial charge in [-0.25, -0.2) is 8.42 Å². The van der Waals surface area contributed by atoms with E-state index in [2.05, 4.69) is 23.5 Å². The molecule has 0 spiro atoms. The summed E-state index contributed by atoms with van der Waals surface area (Å²) >= 11 is 1.21. The molecule has 1 aliphatic heterocycles. The fourth-order valence-electron chi connectivity index (χ4n) is 3.59. The Labute approximate surface area is 169 Å². The van der Waals surface area contributed by atoms with Crippen molar-refractivity contribution in [3.63, 3.8) is 0 Å². The first-order chi connectivity index (χ1) is 13.5. The second kappa shape index (κ2) is 8.03. The van der Waals surface area contributed by atoms with Crippen molar-refractivity contribution in [3.05, 3.63) is 65.5 Å². The molecule has 1 amide bonds. The average molecular weight is 415 g/mol. The molecule has 1 atom stereocenters. The lowest BCUT2D eigenvalue weighted by atomic mass is 9.98. The molecule has 2 heterocycles. The van der Waals surface area contributed by atoms with Crippen LogP contribution in [0.3, 0.4) is 0 Å². The zero-order valence-corrected chi connectivity index (χ0v) is 17.0. The van der Waals surface area contributed by atoms with E-state index < -0.39 is 10.0 Å². The Morgan fingerprint density at radius 3 is 2.71 bits per heavy atom. The van der Waals surface area contributed by atoms with Gasteiger partial charge in [0.25, 0.3) is 10.0 Å². The number of carbonyl (C=O) groups excluding carboxylic acids is 1. The molecule has 2 aromatic carbocycles. The van der Waals surface area contributed by atoms with E-state index in [0.29, 0.717) is 30.1 Å². The average Bonchev–Trinajstić information content (AvgIpc) is 3.28. The van der Waals surface area contributed by atoms with Crippen LogP contribution in [0, 0.1) is 5.92 Å². The molecule has 0 aliphatic carbocycles. The third-order valence-electron chi connectivity index (χ3n) is 5.12. The lowest BCUT2D eigenvalue weighted by Crippen LogP contribution is -2.45. The summed E-state index contributed by atoms with van der Waals surface area (Å²) in [6, 6.07) is 17.6. The lowest BCUT2D eigenvalue weighted by molar-refractivity contribution is -0.126. The van der Waals surface area contributed by atoms with Gasteiger partial charge >= 0.3 is 0 Å². The number of benzene rings is 2. The van der Waals surface area contributed by atoms with Crippen molar-refractivity contribution in [2.45, 2.75) is 23.6 Å². The van der Waals surface area contributed by atoms with Crippen molar-refractivity contribution >= 4 is 38.0 Å². The van der Waals surface area contributed by atoms with Crippen LogP contribution < -0.4 is 5.32 Å². The maximum absolute atomic E-state index is 12.7. The molecule has 1 saturated heterocycles.